The molecule has 0 unspecified atom stereocenters. The summed E-state index contributed by atoms with van der Waals surface area (Å²) in [6, 6.07) is 3.38. The van der Waals surface area contributed by atoms with E-state index in [0.29, 0.717) is 35.8 Å². The quantitative estimate of drug-likeness (QED) is 0.293. The second-order valence-electron chi connectivity index (χ2n) is 7.84. The van der Waals surface area contributed by atoms with Gasteiger partial charge in [-0.05, 0) is 30.5 Å². The van der Waals surface area contributed by atoms with Crippen molar-refractivity contribution in [2.24, 2.45) is 0 Å². The molecule has 0 saturated carbocycles. The Labute approximate surface area is 196 Å². The van der Waals surface area contributed by atoms with Crippen molar-refractivity contribution in [3.05, 3.63) is 36.2 Å². The van der Waals surface area contributed by atoms with Crippen LogP contribution in [0.5, 0.6) is 5.75 Å². The van der Waals surface area contributed by atoms with Crippen LogP contribution in [0.15, 0.2) is 30.6 Å². The number of nitrogens with one attached hydrogen (secondary N) is 4. The number of carbonyl (C=O) groups excluding carboxylic acids is 2. The maximum atomic E-state index is 12.4. The third-order valence-electron chi connectivity index (χ3n) is 5.08. The van der Waals surface area contributed by atoms with Gasteiger partial charge < -0.3 is 20.1 Å². The van der Waals surface area contributed by atoms with Gasteiger partial charge in [-0.15, -0.1) is 0 Å². The molecule has 0 radical (unpaired) electrons. The Balaban J connectivity index is 1.60. The van der Waals surface area contributed by atoms with Crippen LogP contribution in [0.3, 0.4) is 0 Å². The first-order valence-electron chi connectivity index (χ1n) is 10.8. The van der Waals surface area contributed by atoms with Crippen molar-refractivity contribution in [3.63, 3.8) is 0 Å². The number of carboxylic acid groups (broad SMARTS) is 1. The smallest absolute Gasteiger partial charge is 0.322 e. The molecule has 0 aliphatic carbocycles. The number of nitrogens with zero attached hydrogens (tertiary/aromatic N) is 1. The Morgan fingerprint density at radius 2 is 2.12 bits per heavy atom. The SMILES string of the molecule is CCCCS(=O)(=O)N[C@@H](Cc1ccc2c(c1)NC(=O)[C@@H](CCC(=O)Nc1ncc[nH]1)O2)C(=O)O. The van der Waals surface area contributed by atoms with E-state index in [1.807, 2.05) is 6.92 Å². The molecule has 2 atom stereocenters. The van der Waals surface area contributed by atoms with E-state index in [4.69, 9.17) is 4.74 Å². The van der Waals surface area contributed by atoms with Gasteiger partial charge >= 0.3 is 5.97 Å². The molecule has 1 aromatic heterocycles. The number of aromatic amines is 1. The van der Waals surface area contributed by atoms with Crippen LogP contribution in [0.4, 0.5) is 11.6 Å². The molecule has 34 heavy (non-hydrogen) atoms. The maximum absolute atomic E-state index is 12.4. The van der Waals surface area contributed by atoms with Crippen LogP contribution in [0.25, 0.3) is 0 Å². The summed E-state index contributed by atoms with van der Waals surface area (Å²) in [5.41, 5.74) is 0.848. The average Bonchev–Trinajstić information content (AvgIpc) is 3.28. The molecule has 184 valence electrons. The number of anilines is 2. The van der Waals surface area contributed by atoms with Crippen molar-refractivity contribution in [1.29, 1.82) is 0 Å². The first kappa shape index (κ1) is 25.2. The molecule has 1 aliphatic heterocycles. The van der Waals surface area contributed by atoms with Crippen molar-refractivity contribution in [3.8, 4) is 5.75 Å². The molecule has 2 heterocycles. The van der Waals surface area contributed by atoms with E-state index in [2.05, 4.69) is 25.3 Å². The highest BCUT2D eigenvalue weighted by Gasteiger charge is 2.29. The van der Waals surface area contributed by atoms with Crippen molar-refractivity contribution < 1.29 is 32.6 Å². The Morgan fingerprint density at radius 3 is 2.79 bits per heavy atom. The highest BCUT2D eigenvalue weighted by molar-refractivity contribution is 7.89. The number of carbonyl (C=O) groups is 3. The van der Waals surface area contributed by atoms with Gasteiger partial charge in [0.1, 0.15) is 11.8 Å². The topological polar surface area (TPSA) is 180 Å². The zero-order valence-corrected chi connectivity index (χ0v) is 19.4. The highest BCUT2D eigenvalue weighted by atomic mass is 32.2. The zero-order valence-electron chi connectivity index (χ0n) is 18.5. The number of amides is 2. The number of fused-ring (bicyclic) bond motifs is 1. The fourth-order valence-electron chi connectivity index (χ4n) is 3.33. The first-order chi connectivity index (χ1) is 16.2. The predicted molar refractivity (Wildman–Crippen MR) is 123 cm³/mol. The summed E-state index contributed by atoms with van der Waals surface area (Å²) in [4.78, 5) is 42.7. The number of ether oxygens (including phenoxy) is 1. The van der Waals surface area contributed by atoms with Crippen molar-refractivity contribution in [2.75, 3.05) is 16.4 Å². The standard InChI is InChI=1S/C21H27N5O7S/c1-2-3-10-34(31,32)26-15(20(29)30)12-13-4-5-16-14(11-13)24-19(28)17(33-16)6-7-18(27)25-21-22-8-9-23-21/h4-5,8-9,11,15,17,26H,2-3,6-7,10,12H2,1H3,(H,24,28)(H,29,30)(H2,22,23,25,27)/t15-,17+/m0/s1. The number of hydrogen-bond acceptors (Lipinski definition) is 7. The van der Waals surface area contributed by atoms with Crippen LogP contribution in [0.1, 0.15) is 38.2 Å². The number of aromatic nitrogens is 2. The second kappa shape index (κ2) is 11.1. The van der Waals surface area contributed by atoms with Crippen LogP contribution in [0.2, 0.25) is 0 Å². The predicted octanol–water partition coefficient (Wildman–Crippen LogP) is 1.24. The number of hydrogen-bond donors (Lipinski definition) is 5. The molecule has 2 amide bonds. The molecule has 0 fully saturated rings. The van der Waals surface area contributed by atoms with Crippen molar-refractivity contribution >= 4 is 39.4 Å². The van der Waals surface area contributed by atoms with E-state index in [0.717, 1.165) is 0 Å². The Morgan fingerprint density at radius 1 is 1.32 bits per heavy atom. The van der Waals surface area contributed by atoms with E-state index >= 15 is 0 Å². The van der Waals surface area contributed by atoms with Gasteiger partial charge in [0.25, 0.3) is 5.91 Å². The number of carboxylic acids is 1. The van der Waals surface area contributed by atoms with E-state index in [-0.39, 0.29) is 30.9 Å². The Bertz CT molecular complexity index is 1130. The average molecular weight is 494 g/mol. The number of H-pyrrole nitrogens is 1. The number of imidazole rings is 1. The van der Waals surface area contributed by atoms with Gasteiger partial charge in [0.2, 0.25) is 21.9 Å². The fourth-order valence-corrected chi connectivity index (χ4v) is 4.73. The van der Waals surface area contributed by atoms with Gasteiger partial charge in [-0.2, -0.15) is 0 Å². The van der Waals surface area contributed by atoms with Gasteiger partial charge in [-0.1, -0.05) is 19.4 Å². The van der Waals surface area contributed by atoms with Crippen LogP contribution in [0, 0.1) is 0 Å². The molecule has 12 nitrogen and oxygen atoms in total. The minimum atomic E-state index is -3.74. The lowest BCUT2D eigenvalue weighted by molar-refractivity contribution is -0.139. The lowest BCUT2D eigenvalue weighted by Crippen LogP contribution is -2.43. The van der Waals surface area contributed by atoms with Crippen LogP contribution < -0.4 is 20.1 Å². The third kappa shape index (κ3) is 7.02. The first-order valence-corrected chi connectivity index (χ1v) is 12.4. The van der Waals surface area contributed by atoms with E-state index in [1.54, 1.807) is 24.4 Å². The number of aliphatic carboxylic acids is 1. The molecule has 1 aliphatic rings. The molecule has 0 saturated heterocycles. The highest BCUT2D eigenvalue weighted by Crippen LogP contribution is 2.32. The second-order valence-corrected chi connectivity index (χ2v) is 9.71. The number of rotatable bonds is 12. The van der Waals surface area contributed by atoms with Gasteiger partial charge in [0.15, 0.2) is 6.10 Å². The summed E-state index contributed by atoms with van der Waals surface area (Å²) in [7, 11) is -3.74. The van der Waals surface area contributed by atoms with Gasteiger partial charge in [-0.25, -0.2) is 18.1 Å². The van der Waals surface area contributed by atoms with E-state index in [1.165, 1.54) is 6.20 Å². The summed E-state index contributed by atoms with van der Waals surface area (Å²) in [6.45, 7) is 1.84. The van der Waals surface area contributed by atoms with Crippen molar-refractivity contribution in [2.45, 2.75) is 51.2 Å². The Hall–Kier alpha value is -3.45. The van der Waals surface area contributed by atoms with Crippen LogP contribution in [-0.4, -0.2) is 59.2 Å². The van der Waals surface area contributed by atoms with Crippen LogP contribution >= 0.6 is 0 Å². The van der Waals surface area contributed by atoms with Gasteiger partial charge in [-0.3, -0.25) is 19.7 Å². The summed E-state index contributed by atoms with van der Waals surface area (Å²) in [6.07, 6.45) is 3.34. The van der Waals surface area contributed by atoms with Gasteiger partial charge in [0, 0.05) is 25.2 Å². The third-order valence-corrected chi connectivity index (χ3v) is 6.55. The minimum absolute atomic E-state index is 0.0324. The summed E-state index contributed by atoms with van der Waals surface area (Å²) in [5.74, 6) is -1.54. The fraction of sp³-hybridized carbons (Fsp3) is 0.429. The summed E-state index contributed by atoms with van der Waals surface area (Å²) in [5, 5.41) is 14.7. The van der Waals surface area contributed by atoms with E-state index < -0.39 is 34.0 Å². The monoisotopic (exact) mass is 493 g/mol. The molecule has 0 bridgehead atoms. The molecule has 13 heteroatoms. The maximum Gasteiger partial charge on any atom is 0.322 e. The number of unbranched alkanes of at least 4 members (excludes halogenated alkanes) is 1. The summed E-state index contributed by atoms with van der Waals surface area (Å²) < 4.78 is 32.2. The van der Waals surface area contributed by atoms with Crippen molar-refractivity contribution in [1.82, 2.24) is 14.7 Å². The lowest BCUT2D eigenvalue weighted by Gasteiger charge is -2.26. The minimum Gasteiger partial charge on any atom is -0.480 e. The largest absolute Gasteiger partial charge is 0.480 e. The molecular formula is C21H27N5O7S. The molecule has 3 rings (SSSR count). The molecule has 0 spiro atoms. The molecule has 1 aromatic carbocycles. The lowest BCUT2D eigenvalue weighted by atomic mass is 10.0. The molecular weight excluding hydrogens is 466 g/mol. The molecule has 5 N–H and O–H groups in total. The van der Waals surface area contributed by atoms with Crippen LogP contribution in [-0.2, 0) is 30.8 Å². The van der Waals surface area contributed by atoms with Gasteiger partial charge in [0.05, 0.1) is 11.4 Å². The van der Waals surface area contributed by atoms with E-state index in [9.17, 15) is 27.9 Å². The zero-order chi connectivity index (χ0) is 24.7. The molecule has 2 aromatic rings. The number of benzene rings is 1. The number of sulfonamides is 1. The Kier molecular flexibility index (Phi) is 8.23. The normalized spacial score (nSPS) is 16.1. The summed E-state index contributed by atoms with van der Waals surface area (Å²) >= 11 is 0.